The van der Waals surface area contributed by atoms with E-state index < -0.39 is 39.7 Å². The van der Waals surface area contributed by atoms with E-state index in [1.807, 2.05) is 0 Å². The number of aromatic nitrogens is 3. The van der Waals surface area contributed by atoms with Gasteiger partial charge in [0.1, 0.15) is 15.7 Å². The van der Waals surface area contributed by atoms with Crippen LogP contribution in [0.1, 0.15) is 68.1 Å². The van der Waals surface area contributed by atoms with Crippen LogP contribution in [0.4, 0.5) is 15.1 Å². The minimum absolute atomic E-state index is 0.0434. The minimum Gasteiger partial charge on any atom is -0.462 e. The summed E-state index contributed by atoms with van der Waals surface area (Å²) in [6, 6.07) is 9.51. The number of anilines is 1. The van der Waals surface area contributed by atoms with E-state index in [0.717, 1.165) is 23.1 Å². The number of hydrogen-bond acceptors (Lipinski definition) is 12. The van der Waals surface area contributed by atoms with Gasteiger partial charge in [0.15, 0.2) is 11.0 Å². The molecule has 2 aromatic carbocycles. The second kappa shape index (κ2) is 15.6. The predicted molar refractivity (Wildman–Crippen MR) is 175 cm³/mol. The molecule has 0 radical (unpaired) electrons. The van der Waals surface area contributed by atoms with Crippen molar-refractivity contribution in [3.8, 4) is 5.69 Å². The maximum absolute atomic E-state index is 13.8. The van der Waals surface area contributed by atoms with Gasteiger partial charge in [-0.05, 0) is 70.5 Å². The summed E-state index contributed by atoms with van der Waals surface area (Å²) in [5.74, 6) is -2.74. The molecule has 0 saturated heterocycles. The number of ether oxygens (including phenoxy) is 2. The van der Waals surface area contributed by atoms with Crippen molar-refractivity contribution in [3.05, 3.63) is 91.4 Å². The largest absolute Gasteiger partial charge is 0.462 e. The monoisotopic (exact) mass is 698 g/mol. The first kappa shape index (κ1) is 35.7. The zero-order chi connectivity index (χ0) is 35.1. The average Bonchev–Trinajstić information content (AvgIpc) is 3.60. The number of thioether (sulfide) groups is 1. The normalized spacial score (nSPS) is 11.5. The summed E-state index contributed by atoms with van der Waals surface area (Å²) >= 11 is 1.89. The van der Waals surface area contributed by atoms with Crippen LogP contribution in [0, 0.1) is 29.8 Å². The molecule has 0 bridgehead atoms. The molecule has 0 saturated carbocycles. The van der Waals surface area contributed by atoms with E-state index >= 15 is 0 Å². The van der Waals surface area contributed by atoms with E-state index in [-0.39, 0.29) is 57.4 Å². The molecule has 0 aliphatic rings. The summed E-state index contributed by atoms with van der Waals surface area (Å²) < 4.78 is 25.6. The number of nitro groups is 1. The molecule has 2 N–H and O–H groups in total. The third-order valence-corrected chi connectivity index (χ3v) is 9.07. The summed E-state index contributed by atoms with van der Waals surface area (Å²) in [6.45, 7) is 8.03. The highest BCUT2D eigenvalue weighted by Crippen LogP contribution is 2.35. The second-order valence-corrected chi connectivity index (χ2v) is 12.4. The SMILES string of the molecule is CCOC(=O)c1sc(NC(=O)C(C)Sc2nnc(CNC(=O)c3ccc(C)c([N+](=O)[O-])c3)n2-c2ccc(F)cc2)c(C(=O)OCC)c1C. The fourth-order valence-electron chi connectivity index (χ4n) is 4.42. The number of carbonyl (C=O) groups is 4. The predicted octanol–water partition coefficient (Wildman–Crippen LogP) is 5.40. The van der Waals surface area contributed by atoms with E-state index in [4.69, 9.17) is 9.47 Å². The first-order valence-corrected chi connectivity index (χ1v) is 16.2. The number of hydrogen-bond donors (Lipinski definition) is 2. The molecule has 48 heavy (non-hydrogen) atoms. The third-order valence-electron chi connectivity index (χ3n) is 6.84. The Hall–Kier alpha value is -5.16. The molecule has 0 aliphatic carbocycles. The van der Waals surface area contributed by atoms with E-state index in [0.29, 0.717) is 16.8 Å². The second-order valence-electron chi connectivity index (χ2n) is 10.1. The van der Waals surface area contributed by atoms with Gasteiger partial charge in [-0.1, -0.05) is 17.8 Å². The molecule has 1 atom stereocenters. The van der Waals surface area contributed by atoms with Crippen LogP contribution in [0.25, 0.3) is 5.69 Å². The Morgan fingerprint density at radius 2 is 1.71 bits per heavy atom. The summed E-state index contributed by atoms with van der Waals surface area (Å²) in [6.07, 6.45) is 0. The summed E-state index contributed by atoms with van der Waals surface area (Å²) in [5, 5.41) is 24.6. The number of aryl methyl sites for hydroxylation is 1. The Bertz CT molecular complexity index is 1870. The van der Waals surface area contributed by atoms with Crippen LogP contribution in [0.3, 0.4) is 0 Å². The molecule has 2 heterocycles. The van der Waals surface area contributed by atoms with Crippen molar-refractivity contribution in [3.63, 3.8) is 0 Å². The Labute approximate surface area is 282 Å². The Morgan fingerprint density at radius 1 is 1.04 bits per heavy atom. The number of nitrogens with zero attached hydrogens (tertiary/aromatic N) is 4. The molecule has 252 valence electrons. The number of carbonyl (C=O) groups excluding carboxylic acids is 4. The van der Waals surface area contributed by atoms with E-state index in [9.17, 15) is 33.7 Å². The van der Waals surface area contributed by atoms with Crippen molar-refractivity contribution in [1.82, 2.24) is 20.1 Å². The fraction of sp³-hybridized carbons (Fsp3) is 0.290. The van der Waals surface area contributed by atoms with Gasteiger partial charge in [0.2, 0.25) is 5.91 Å². The molecule has 4 rings (SSSR count). The van der Waals surface area contributed by atoms with Gasteiger partial charge in [-0.15, -0.1) is 21.5 Å². The summed E-state index contributed by atoms with van der Waals surface area (Å²) in [4.78, 5) is 62.6. The van der Waals surface area contributed by atoms with Crippen LogP contribution < -0.4 is 10.6 Å². The Balaban J connectivity index is 1.59. The van der Waals surface area contributed by atoms with Gasteiger partial charge >= 0.3 is 11.9 Å². The molecule has 2 aromatic heterocycles. The van der Waals surface area contributed by atoms with Crippen molar-refractivity contribution < 1.29 is 38.0 Å². The zero-order valence-electron chi connectivity index (χ0n) is 26.5. The fourth-order valence-corrected chi connectivity index (χ4v) is 6.39. The summed E-state index contributed by atoms with van der Waals surface area (Å²) in [5.41, 5.74) is 1.06. The van der Waals surface area contributed by atoms with Crippen LogP contribution in [0.15, 0.2) is 47.6 Å². The van der Waals surface area contributed by atoms with E-state index in [1.54, 1.807) is 34.6 Å². The summed E-state index contributed by atoms with van der Waals surface area (Å²) in [7, 11) is 0. The number of nitrogens with one attached hydrogen (secondary N) is 2. The highest BCUT2D eigenvalue weighted by Gasteiger charge is 2.29. The van der Waals surface area contributed by atoms with Crippen LogP contribution in [0.5, 0.6) is 0 Å². The topological polar surface area (TPSA) is 185 Å². The van der Waals surface area contributed by atoms with Crippen molar-refractivity contribution in [2.24, 2.45) is 0 Å². The molecule has 0 spiro atoms. The first-order chi connectivity index (χ1) is 22.9. The lowest BCUT2D eigenvalue weighted by Crippen LogP contribution is -2.25. The number of halogens is 1. The Morgan fingerprint density at radius 3 is 2.35 bits per heavy atom. The van der Waals surface area contributed by atoms with Gasteiger partial charge in [-0.3, -0.25) is 24.3 Å². The van der Waals surface area contributed by atoms with Gasteiger partial charge < -0.3 is 20.1 Å². The highest BCUT2D eigenvalue weighted by molar-refractivity contribution is 8.00. The number of benzene rings is 2. The number of nitro benzene ring substituents is 1. The third kappa shape index (κ3) is 8.03. The number of esters is 2. The van der Waals surface area contributed by atoms with Crippen LogP contribution >= 0.6 is 23.1 Å². The number of rotatable bonds is 13. The van der Waals surface area contributed by atoms with Crippen molar-refractivity contribution in [2.45, 2.75) is 51.6 Å². The van der Waals surface area contributed by atoms with Gasteiger partial charge in [0.05, 0.1) is 35.5 Å². The highest BCUT2D eigenvalue weighted by atomic mass is 32.2. The molecule has 14 nitrogen and oxygen atoms in total. The maximum atomic E-state index is 13.8. The van der Waals surface area contributed by atoms with Gasteiger partial charge in [-0.2, -0.15) is 0 Å². The van der Waals surface area contributed by atoms with Gasteiger partial charge in [0.25, 0.3) is 11.6 Å². The standard InChI is InChI=1S/C31H31FN6O8S2/c1-6-45-29(41)24-17(4)25(30(42)46-7-2)48-28(24)34-26(39)18(5)47-31-36-35-23(37(31)21-12-10-20(32)11-13-21)15-33-27(40)19-9-8-16(3)22(14-19)38(43)44/h8-14,18H,6-7,15H2,1-5H3,(H,33,40)(H,34,39). The van der Waals surface area contributed by atoms with Crippen molar-refractivity contribution in [1.29, 1.82) is 0 Å². The van der Waals surface area contributed by atoms with Gasteiger partial charge in [-0.25, -0.2) is 14.0 Å². The molecule has 4 aromatic rings. The molecule has 1 unspecified atom stereocenters. The van der Waals surface area contributed by atoms with Crippen molar-refractivity contribution >= 4 is 57.5 Å². The lowest BCUT2D eigenvalue weighted by Gasteiger charge is -2.14. The van der Waals surface area contributed by atoms with Gasteiger partial charge in [0, 0.05) is 22.9 Å². The molecular formula is C31H31FN6O8S2. The molecule has 0 fully saturated rings. The van der Waals surface area contributed by atoms with E-state index in [1.165, 1.54) is 47.0 Å². The number of thiophene rings is 1. The molecule has 2 amide bonds. The Kier molecular flexibility index (Phi) is 11.6. The quantitative estimate of drug-likeness (QED) is 0.0789. The lowest BCUT2D eigenvalue weighted by molar-refractivity contribution is -0.385. The van der Waals surface area contributed by atoms with E-state index in [2.05, 4.69) is 20.8 Å². The van der Waals surface area contributed by atoms with Crippen LogP contribution in [-0.4, -0.2) is 61.9 Å². The molecule has 17 heteroatoms. The maximum Gasteiger partial charge on any atom is 0.348 e. The first-order valence-electron chi connectivity index (χ1n) is 14.5. The lowest BCUT2D eigenvalue weighted by atomic mass is 10.1. The average molecular weight is 699 g/mol. The van der Waals surface area contributed by atoms with Crippen molar-refractivity contribution in [2.75, 3.05) is 18.5 Å². The minimum atomic E-state index is -0.840. The van der Waals surface area contributed by atoms with Crippen LogP contribution in [0.2, 0.25) is 0 Å². The molecular weight excluding hydrogens is 668 g/mol. The van der Waals surface area contributed by atoms with Crippen LogP contribution in [-0.2, 0) is 20.8 Å². The number of amides is 2. The zero-order valence-corrected chi connectivity index (χ0v) is 28.1. The smallest absolute Gasteiger partial charge is 0.348 e. The molecule has 0 aliphatic heterocycles.